The molecule has 0 saturated heterocycles. The van der Waals surface area contributed by atoms with Crippen LogP contribution in [0.3, 0.4) is 0 Å². The van der Waals surface area contributed by atoms with Gasteiger partial charge in [-0.25, -0.2) is 5.10 Å². The van der Waals surface area contributed by atoms with E-state index in [1.54, 1.807) is 48.5 Å². The summed E-state index contributed by atoms with van der Waals surface area (Å²) in [5, 5.41) is 7.30. The molecule has 0 aliphatic carbocycles. The number of aromatic amines is 1. The minimum absolute atomic E-state index is 0.201. The van der Waals surface area contributed by atoms with Crippen molar-refractivity contribution in [2.24, 2.45) is 0 Å². The van der Waals surface area contributed by atoms with Gasteiger partial charge in [0.25, 0.3) is 5.56 Å². The second kappa shape index (κ2) is 4.49. The van der Waals surface area contributed by atoms with Gasteiger partial charge in [0.2, 0.25) is 5.78 Å². The molecule has 3 rings (SSSR count). The molecule has 0 amide bonds. The molecule has 2 aromatic carbocycles. The van der Waals surface area contributed by atoms with Crippen LogP contribution in [0.2, 0.25) is 0 Å². The Kier molecular flexibility index (Phi) is 2.68. The van der Waals surface area contributed by atoms with Crippen LogP contribution in [0.5, 0.6) is 0 Å². The molecule has 0 fully saturated rings. The van der Waals surface area contributed by atoms with Gasteiger partial charge in [-0.05, 0) is 6.07 Å². The van der Waals surface area contributed by atoms with Crippen molar-refractivity contribution in [2.45, 2.75) is 0 Å². The predicted molar refractivity (Wildman–Crippen MR) is 72.2 cm³/mol. The van der Waals surface area contributed by atoms with Crippen LogP contribution in [0.25, 0.3) is 10.8 Å². The van der Waals surface area contributed by atoms with Crippen LogP contribution in [-0.4, -0.2) is 16.0 Å². The van der Waals surface area contributed by atoms with Gasteiger partial charge in [-0.3, -0.25) is 9.59 Å². The number of nitrogens with zero attached hydrogens (tertiary/aromatic N) is 1. The maximum atomic E-state index is 12.4. The van der Waals surface area contributed by atoms with Gasteiger partial charge < -0.3 is 0 Å². The lowest BCUT2D eigenvalue weighted by Crippen LogP contribution is -2.14. The molecule has 0 atom stereocenters. The van der Waals surface area contributed by atoms with Crippen molar-refractivity contribution < 1.29 is 4.79 Å². The van der Waals surface area contributed by atoms with Crippen LogP contribution in [-0.2, 0) is 0 Å². The normalized spacial score (nSPS) is 10.5. The van der Waals surface area contributed by atoms with Gasteiger partial charge in [0.1, 0.15) is 5.69 Å². The molecular weight excluding hydrogens is 240 g/mol. The highest BCUT2D eigenvalue weighted by Gasteiger charge is 2.15. The topological polar surface area (TPSA) is 62.8 Å². The first kappa shape index (κ1) is 11.3. The molecule has 3 aromatic rings. The Bertz CT molecular complexity index is 807. The fourth-order valence-electron chi connectivity index (χ4n) is 2.01. The molecule has 1 heterocycles. The molecular formula is C15H10N2O2. The summed E-state index contributed by atoms with van der Waals surface area (Å²) in [7, 11) is 0. The van der Waals surface area contributed by atoms with Crippen molar-refractivity contribution in [1.29, 1.82) is 0 Å². The number of carbonyl (C=O) groups is 1. The Morgan fingerprint density at radius 3 is 2.26 bits per heavy atom. The number of nitrogens with one attached hydrogen (secondary N) is 1. The van der Waals surface area contributed by atoms with Gasteiger partial charge >= 0.3 is 0 Å². The average molecular weight is 250 g/mol. The quantitative estimate of drug-likeness (QED) is 0.709. The Balaban J connectivity index is 2.25. The summed E-state index contributed by atoms with van der Waals surface area (Å²) in [6.07, 6.45) is 0. The number of rotatable bonds is 2. The summed E-state index contributed by atoms with van der Waals surface area (Å²) in [5.41, 5.74) is 0.522. The van der Waals surface area contributed by atoms with Crippen LogP contribution >= 0.6 is 0 Å². The molecule has 0 aliphatic heterocycles. The van der Waals surface area contributed by atoms with E-state index in [1.807, 2.05) is 6.07 Å². The summed E-state index contributed by atoms with van der Waals surface area (Å²) in [6.45, 7) is 0. The van der Waals surface area contributed by atoms with E-state index in [0.29, 0.717) is 16.3 Å². The predicted octanol–water partition coefficient (Wildman–Crippen LogP) is 2.15. The lowest BCUT2D eigenvalue weighted by atomic mass is 10.0. The molecule has 1 aromatic heterocycles. The number of fused-ring (bicyclic) bond motifs is 1. The molecule has 0 radical (unpaired) electrons. The number of benzene rings is 2. The molecule has 19 heavy (non-hydrogen) atoms. The molecule has 4 heteroatoms. The molecule has 92 valence electrons. The second-order valence-electron chi connectivity index (χ2n) is 4.14. The van der Waals surface area contributed by atoms with E-state index in [4.69, 9.17) is 0 Å². The van der Waals surface area contributed by atoms with Crippen molar-refractivity contribution in [1.82, 2.24) is 10.2 Å². The summed E-state index contributed by atoms with van der Waals surface area (Å²) < 4.78 is 0. The molecule has 0 aliphatic rings. The van der Waals surface area contributed by atoms with Crippen LogP contribution in [0, 0.1) is 0 Å². The summed E-state index contributed by atoms with van der Waals surface area (Å²) >= 11 is 0. The molecule has 0 spiro atoms. The van der Waals surface area contributed by atoms with Crippen LogP contribution in [0.4, 0.5) is 0 Å². The number of hydrogen-bond acceptors (Lipinski definition) is 3. The third kappa shape index (κ3) is 1.93. The van der Waals surface area contributed by atoms with Crippen LogP contribution < -0.4 is 5.56 Å². The van der Waals surface area contributed by atoms with Crippen LogP contribution in [0.15, 0.2) is 59.4 Å². The monoisotopic (exact) mass is 250 g/mol. The molecule has 0 unspecified atom stereocenters. The van der Waals surface area contributed by atoms with Gasteiger partial charge in [0.05, 0.1) is 5.39 Å². The SMILES string of the molecule is O=C(c1ccccc1)c1n[nH]c(=O)c2ccccc12. The van der Waals surface area contributed by atoms with E-state index < -0.39 is 0 Å². The Labute approximate surface area is 108 Å². The number of carbonyl (C=O) groups excluding carboxylic acids is 1. The zero-order valence-corrected chi connectivity index (χ0v) is 9.96. The highest BCUT2D eigenvalue weighted by molar-refractivity contribution is 6.14. The maximum Gasteiger partial charge on any atom is 0.272 e. The fraction of sp³-hybridized carbons (Fsp3) is 0. The van der Waals surface area contributed by atoms with Gasteiger partial charge in [0, 0.05) is 10.9 Å². The molecule has 4 nitrogen and oxygen atoms in total. The van der Waals surface area contributed by atoms with Gasteiger partial charge in [-0.15, -0.1) is 0 Å². The smallest absolute Gasteiger partial charge is 0.272 e. The summed E-state index contributed by atoms with van der Waals surface area (Å²) in [6, 6.07) is 15.8. The van der Waals surface area contributed by atoms with E-state index in [-0.39, 0.29) is 17.0 Å². The minimum Gasteiger partial charge on any atom is -0.287 e. The third-order valence-corrected chi connectivity index (χ3v) is 2.95. The van der Waals surface area contributed by atoms with E-state index >= 15 is 0 Å². The zero-order chi connectivity index (χ0) is 13.2. The summed E-state index contributed by atoms with van der Waals surface area (Å²) in [4.78, 5) is 24.0. The molecule has 0 bridgehead atoms. The van der Waals surface area contributed by atoms with E-state index in [9.17, 15) is 9.59 Å². The first-order valence-electron chi connectivity index (χ1n) is 5.84. The van der Waals surface area contributed by atoms with Gasteiger partial charge in [-0.1, -0.05) is 48.5 Å². The van der Waals surface area contributed by atoms with Crippen molar-refractivity contribution in [3.05, 3.63) is 76.2 Å². The van der Waals surface area contributed by atoms with Gasteiger partial charge in [-0.2, -0.15) is 5.10 Å². The van der Waals surface area contributed by atoms with Crippen molar-refractivity contribution in [2.75, 3.05) is 0 Å². The largest absolute Gasteiger partial charge is 0.287 e. The second-order valence-corrected chi connectivity index (χ2v) is 4.14. The Morgan fingerprint density at radius 1 is 0.895 bits per heavy atom. The molecule has 1 N–H and O–H groups in total. The number of ketones is 1. The lowest BCUT2D eigenvalue weighted by Gasteiger charge is -2.03. The van der Waals surface area contributed by atoms with Crippen LogP contribution in [0.1, 0.15) is 16.1 Å². The fourth-order valence-corrected chi connectivity index (χ4v) is 2.01. The standard InChI is InChI=1S/C15H10N2O2/c18-14(10-6-2-1-3-7-10)13-11-8-4-5-9-12(11)15(19)17-16-13/h1-9H,(H,17,19). The first-order chi connectivity index (χ1) is 9.27. The van der Waals surface area contributed by atoms with Crippen molar-refractivity contribution in [3.63, 3.8) is 0 Å². The number of aromatic nitrogens is 2. The molecule has 0 saturated carbocycles. The van der Waals surface area contributed by atoms with E-state index in [0.717, 1.165) is 0 Å². The Hall–Kier alpha value is -2.75. The third-order valence-electron chi connectivity index (χ3n) is 2.95. The first-order valence-corrected chi connectivity index (χ1v) is 5.84. The van der Waals surface area contributed by atoms with E-state index in [1.165, 1.54) is 0 Å². The van der Waals surface area contributed by atoms with E-state index in [2.05, 4.69) is 10.2 Å². The Morgan fingerprint density at radius 2 is 1.53 bits per heavy atom. The number of H-pyrrole nitrogens is 1. The van der Waals surface area contributed by atoms with Gasteiger partial charge in [0.15, 0.2) is 0 Å². The van der Waals surface area contributed by atoms with Crippen molar-refractivity contribution in [3.8, 4) is 0 Å². The lowest BCUT2D eigenvalue weighted by molar-refractivity contribution is 0.103. The summed E-state index contributed by atoms with van der Waals surface area (Å²) in [5.74, 6) is -0.201. The zero-order valence-electron chi connectivity index (χ0n) is 9.96. The highest BCUT2D eigenvalue weighted by atomic mass is 16.1. The highest BCUT2D eigenvalue weighted by Crippen LogP contribution is 2.16. The average Bonchev–Trinajstić information content (AvgIpc) is 2.48. The minimum atomic E-state index is -0.291. The number of hydrogen-bond donors (Lipinski definition) is 1. The van der Waals surface area contributed by atoms with Crippen molar-refractivity contribution >= 4 is 16.6 Å². The maximum absolute atomic E-state index is 12.4.